The molecular weight excluding hydrogens is 1500 g/mol. The number of nitrogens with two attached hydrogens (primary N) is 2. The fourth-order valence-corrected chi connectivity index (χ4v) is 15.0. The molecule has 11 aliphatic rings. The third-order valence-corrected chi connectivity index (χ3v) is 21.0. The second kappa shape index (κ2) is 36.8. The topological polar surface area (TPSA) is 567 Å². The maximum Gasteiger partial charge on any atom is 0.407 e. The number of aliphatic hydroxyl groups is 8. The molecule has 1 aromatic carbocycles. The lowest BCUT2D eigenvalue weighted by atomic mass is 9.75. The molecule has 21 atom stereocenters. The quantitative estimate of drug-likeness (QED) is 0.0481. The first kappa shape index (κ1) is 85.4. The largest absolute Gasteiger partial charge is 0.512 e. The first-order chi connectivity index (χ1) is 53.1. The highest BCUT2D eigenvalue weighted by Crippen LogP contribution is 2.48. The molecule has 0 saturated carbocycles. The number of carbonyl (C=O) groups is 9. The fraction of sp³-hybridized carbons (Fsp3) is 0.581. The Morgan fingerprint density at radius 1 is 0.804 bits per heavy atom. The van der Waals surface area contributed by atoms with Crippen LogP contribution in [-0.2, 0) is 66.8 Å². The zero-order valence-corrected chi connectivity index (χ0v) is 63.3. The number of rotatable bonds is 21. The van der Waals surface area contributed by atoms with Gasteiger partial charge in [-0.05, 0) is 130 Å². The number of hydrogen-bond donors (Lipinski definition) is 19. The van der Waals surface area contributed by atoms with Gasteiger partial charge in [-0.15, -0.1) is 11.6 Å². The Kier molecular flexibility index (Phi) is 28.1. The van der Waals surface area contributed by atoms with Crippen LogP contribution >= 0.6 is 11.6 Å². The number of hydrogen-bond acceptors (Lipinski definition) is 28. The summed E-state index contributed by atoms with van der Waals surface area (Å²) in [5, 5.41) is 125. The summed E-state index contributed by atoms with van der Waals surface area (Å²) in [6.07, 6.45) is -15.1. The number of benzene rings is 1. The van der Waals surface area contributed by atoms with E-state index >= 15 is 24.0 Å². The lowest BCUT2D eigenvalue weighted by Gasteiger charge is -2.47. The van der Waals surface area contributed by atoms with E-state index < -0.39 is 247 Å². The molecule has 3 saturated heterocycles. The molecule has 12 rings (SSSR count). The molecule has 37 nitrogen and oxygen atoms in total. The van der Waals surface area contributed by atoms with E-state index in [0.717, 1.165) is 24.3 Å². The molecular formula is C74H99ClN10O27. The smallest absolute Gasteiger partial charge is 0.407 e. The van der Waals surface area contributed by atoms with Crippen LogP contribution in [0.2, 0.25) is 0 Å². The number of likely N-dealkylation sites (N-methyl/N-ethyl adjacent to an activating group) is 1. The monoisotopic (exact) mass is 1590 g/mol. The summed E-state index contributed by atoms with van der Waals surface area (Å²) in [5.74, 6) is -15.1. The maximum absolute atomic E-state index is 16.3. The molecule has 0 spiro atoms. The van der Waals surface area contributed by atoms with E-state index in [-0.39, 0.29) is 103 Å². The number of fused-ring (bicyclic) bond motifs is 15. The number of amides is 8. The second-order valence-corrected chi connectivity index (χ2v) is 29.9. The highest BCUT2D eigenvalue weighted by Gasteiger charge is 2.52. The van der Waals surface area contributed by atoms with Crippen molar-refractivity contribution in [2.45, 2.75) is 214 Å². The molecule has 11 bridgehead atoms. The Balaban J connectivity index is 1.17. The molecule has 38 heteroatoms. The van der Waals surface area contributed by atoms with E-state index in [1.807, 2.05) is 13.8 Å². The molecule has 1 aromatic rings. The van der Waals surface area contributed by atoms with Gasteiger partial charge >= 0.3 is 12.1 Å². The van der Waals surface area contributed by atoms with Crippen LogP contribution in [0.5, 0.6) is 17.2 Å². The van der Waals surface area contributed by atoms with Gasteiger partial charge in [-0.3, -0.25) is 33.6 Å². The van der Waals surface area contributed by atoms with E-state index in [1.54, 1.807) is 13.8 Å². The van der Waals surface area contributed by atoms with Gasteiger partial charge < -0.3 is 143 Å². The number of halogens is 1. The van der Waals surface area contributed by atoms with Crippen molar-refractivity contribution in [3.63, 3.8) is 0 Å². The van der Waals surface area contributed by atoms with Crippen molar-refractivity contribution in [3.8, 4) is 17.2 Å². The summed E-state index contributed by atoms with van der Waals surface area (Å²) < 4.78 is 55.4. The number of alkyl halides is 1. The van der Waals surface area contributed by atoms with Crippen LogP contribution in [0.3, 0.4) is 0 Å². The standard InChI is InChI=1S/C74H99ClN10O27/c1-8-104-17-18-105-16-15-79-73(103)107-37-25-39-52(44(88)26-37)38-21-33(9-12-43(38)87)53-67(97)85-57(70(100)83-55(39)71(101)102)59(91)35-11-14-46(40(75)22-35)109-48-24-36-23-47(62(48)112-72-63(61(93)60(92)49(29-86)110-72)111-51-28-74(6,77)64(94)32(5)106-51)108-45-13-10-34(20-31(45)4)58(90)56(84-65(95)41(78-7)19-30(2)3)69(99)80-42(27-50(76)89)66(96)81-54(36)68(98)82-53/h9,11-12,14,20,23-25,30,32,37-38,40-42,49,51,53-61,63-64,72,78,86-88,90-94H,8,10,13,15-19,21-22,26-29,77H2,1-7H3,(H2,76,89)(H,79,103)(H,80,99)(H,81,96)(H,82,98)(H,83,100)(H,84,95)(H,85,97)(H,101,102)/t32-,37-,38?,40-,41+,42-,49+,51-,53+,54+,55-,56+,57-,58+,59+,60+,61-,63+,64+,72-,74-/m0/s1. The average molecular weight is 1600 g/mol. The van der Waals surface area contributed by atoms with Crippen LogP contribution < -0.4 is 68.2 Å². The van der Waals surface area contributed by atoms with Crippen molar-refractivity contribution >= 4 is 65.0 Å². The Labute approximate surface area is 648 Å². The lowest BCUT2D eigenvalue weighted by molar-refractivity contribution is -0.333. The van der Waals surface area contributed by atoms with E-state index in [0.29, 0.717) is 6.61 Å². The predicted molar refractivity (Wildman–Crippen MR) is 390 cm³/mol. The van der Waals surface area contributed by atoms with Gasteiger partial charge in [0.2, 0.25) is 53.4 Å². The number of carboxylic acid groups (broad SMARTS) is 1. The molecule has 8 amide bonds. The number of aliphatic carboxylic acids is 1. The molecule has 7 heterocycles. The summed E-state index contributed by atoms with van der Waals surface area (Å²) >= 11 is 7.29. The number of ether oxygens (including phenoxy) is 9. The minimum Gasteiger partial charge on any atom is -0.512 e. The first-order valence-electron chi connectivity index (χ1n) is 36.9. The van der Waals surface area contributed by atoms with Gasteiger partial charge in [0, 0.05) is 49.4 Å². The summed E-state index contributed by atoms with van der Waals surface area (Å²) in [7, 11) is 1.50. The van der Waals surface area contributed by atoms with Gasteiger partial charge in [0.25, 0.3) is 0 Å². The second-order valence-electron chi connectivity index (χ2n) is 29.4. The van der Waals surface area contributed by atoms with Gasteiger partial charge in [-0.2, -0.15) is 0 Å². The van der Waals surface area contributed by atoms with Crippen molar-refractivity contribution in [2.75, 3.05) is 46.6 Å². The van der Waals surface area contributed by atoms with Crippen molar-refractivity contribution < 1.29 is 132 Å². The number of alkyl carbamates (subject to hydrolysis) is 1. The fourth-order valence-electron chi connectivity index (χ4n) is 14.7. The number of aliphatic hydroxyl groups excluding tert-OH is 8. The predicted octanol–water partition coefficient (Wildman–Crippen LogP) is -1.71. The Bertz CT molecular complexity index is 4040. The first-order valence-corrected chi connectivity index (χ1v) is 37.3. The molecule has 112 heavy (non-hydrogen) atoms. The molecule has 1 unspecified atom stereocenters. The van der Waals surface area contributed by atoms with Gasteiger partial charge in [-0.25, -0.2) is 9.59 Å². The summed E-state index contributed by atoms with van der Waals surface area (Å²) in [4.78, 5) is 132. The van der Waals surface area contributed by atoms with Gasteiger partial charge in [0.15, 0.2) is 29.9 Å². The van der Waals surface area contributed by atoms with Crippen molar-refractivity contribution in [3.05, 3.63) is 111 Å². The minimum absolute atomic E-state index is 0.0252. The molecule has 614 valence electrons. The van der Waals surface area contributed by atoms with E-state index in [4.69, 9.17) is 65.7 Å². The summed E-state index contributed by atoms with van der Waals surface area (Å²) in [6.45, 7) is 10.1. The normalized spacial score (nSPS) is 32.8. The van der Waals surface area contributed by atoms with Crippen molar-refractivity contribution in [1.82, 2.24) is 42.5 Å². The van der Waals surface area contributed by atoms with Crippen molar-refractivity contribution in [1.29, 1.82) is 0 Å². The number of nitrogens with one attached hydrogen (secondary N) is 8. The van der Waals surface area contributed by atoms with Crippen LogP contribution in [0.15, 0.2) is 105 Å². The highest BCUT2D eigenvalue weighted by atomic mass is 35.5. The van der Waals surface area contributed by atoms with E-state index in [2.05, 4.69) is 42.5 Å². The number of primary amides is 1. The molecule has 4 aliphatic carbocycles. The molecule has 3 fully saturated rings. The van der Waals surface area contributed by atoms with Crippen LogP contribution in [0.4, 0.5) is 4.79 Å². The zero-order chi connectivity index (χ0) is 81.5. The van der Waals surface area contributed by atoms with Crippen LogP contribution in [0, 0.1) is 11.8 Å². The van der Waals surface area contributed by atoms with Gasteiger partial charge in [0.1, 0.15) is 89.9 Å². The van der Waals surface area contributed by atoms with Crippen LogP contribution in [0.25, 0.3) is 0 Å². The molecule has 7 aliphatic heterocycles. The van der Waals surface area contributed by atoms with Crippen LogP contribution in [0.1, 0.15) is 105 Å². The van der Waals surface area contributed by atoms with Crippen molar-refractivity contribution in [2.24, 2.45) is 23.3 Å². The van der Waals surface area contributed by atoms with E-state index in [9.17, 15) is 65.1 Å². The van der Waals surface area contributed by atoms with Crippen LogP contribution in [-0.4, -0.2) is 261 Å². The highest BCUT2D eigenvalue weighted by molar-refractivity contribution is 6.22. The third kappa shape index (κ3) is 19.7. The summed E-state index contributed by atoms with van der Waals surface area (Å²) in [6, 6.07) is -11.6. The Morgan fingerprint density at radius 3 is 2.16 bits per heavy atom. The number of carboxylic acids is 1. The number of allylic oxidation sites excluding steroid dienone is 9. The average Bonchev–Trinajstić information content (AvgIpc) is 0.774. The third-order valence-electron chi connectivity index (χ3n) is 20.6. The molecule has 0 aromatic heterocycles. The molecule has 0 radical (unpaired) electrons. The lowest BCUT2D eigenvalue weighted by Crippen LogP contribution is -2.64. The summed E-state index contributed by atoms with van der Waals surface area (Å²) in [5.41, 5.74) is 9.93. The van der Waals surface area contributed by atoms with Gasteiger partial charge in [0.05, 0.1) is 56.5 Å². The Morgan fingerprint density at radius 2 is 1.50 bits per heavy atom. The van der Waals surface area contributed by atoms with Gasteiger partial charge in [-0.1, -0.05) is 32.1 Å². The number of carbonyl (C=O) groups excluding carboxylic acids is 8. The van der Waals surface area contributed by atoms with E-state index in [1.165, 1.54) is 45.2 Å². The Hall–Kier alpha value is -9.06. The minimum atomic E-state index is -2.29. The molecule has 21 N–H and O–H groups in total. The SMILES string of the molecule is CCOCCOCCNC(=O)O[C@H]1C=C2C(=C(O)C1)C1CC(=CC=C1O)[C@H]1NC(=O)[C@@H]3NC(=O)[C@H](CC(N)=O)NC(=O)[C@H](NC(=O)[C@@H](CC(C)C)NC)[C@H](O)C4=CC(C)=C(CC4)Oc4cc3cc(c4O[C@@H]3O[C@H](CO)[C@@H](O)[C@H](O)[C@H]3O[C@H]3C[C@](C)(N)[C@H](O)[C@H](C)O3)OC3=CC=C(C[C@@H]3Cl)[C@@H](O)[C@H](NC1=O)C(=O)N[C@@H]2C(=O)O. The maximum atomic E-state index is 16.3. The zero-order valence-electron chi connectivity index (χ0n) is 62.5.